The van der Waals surface area contributed by atoms with Gasteiger partial charge in [0.25, 0.3) is 0 Å². The SMILES string of the molecule is CCOc1ccccc1N(CCCC(=O)N[C@@H](C)c1cc(C(C)C)c(OC)cc1C)S(C)(=O)=O. The Hall–Kier alpha value is -2.74. The number of benzene rings is 2. The van der Waals surface area contributed by atoms with Crippen LogP contribution < -0.4 is 19.1 Å². The summed E-state index contributed by atoms with van der Waals surface area (Å²) in [6.07, 6.45) is 1.75. The van der Waals surface area contributed by atoms with E-state index in [0.29, 0.717) is 30.4 Å². The first kappa shape index (κ1) is 27.5. The van der Waals surface area contributed by atoms with Gasteiger partial charge in [-0.25, -0.2) is 8.42 Å². The molecular weight excluding hydrogens is 452 g/mol. The van der Waals surface area contributed by atoms with E-state index in [4.69, 9.17) is 9.47 Å². The molecule has 0 aromatic heterocycles. The Labute approximate surface area is 204 Å². The number of nitrogens with zero attached hydrogens (tertiary/aromatic N) is 1. The van der Waals surface area contributed by atoms with E-state index in [1.54, 1.807) is 31.4 Å². The number of nitrogens with one attached hydrogen (secondary N) is 1. The summed E-state index contributed by atoms with van der Waals surface area (Å²) in [6.45, 7) is 10.6. The van der Waals surface area contributed by atoms with Gasteiger partial charge in [0.15, 0.2) is 0 Å². The van der Waals surface area contributed by atoms with E-state index in [9.17, 15) is 13.2 Å². The minimum absolute atomic E-state index is 0.125. The fraction of sp³-hybridized carbons (Fsp3) is 0.500. The van der Waals surface area contributed by atoms with Crippen LogP contribution in [-0.4, -0.2) is 40.8 Å². The molecule has 0 aliphatic carbocycles. The Morgan fingerprint density at radius 1 is 1.09 bits per heavy atom. The standard InChI is InChI=1S/C26H38N2O5S/c1-8-33-24-13-10-9-12-23(24)28(34(7,30)31)15-11-14-26(29)27-20(5)22-17-21(18(2)3)25(32-6)16-19(22)4/h9-10,12-13,16-18,20H,8,11,14-15H2,1-7H3,(H,27,29)/t20-/m0/s1. The molecule has 1 N–H and O–H groups in total. The number of aryl methyl sites for hydroxylation is 1. The lowest BCUT2D eigenvalue weighted by Gasteiger charge is -2.25. The number of sulfonamides is 1. The molecule has 7 nitrogen and oxygen atoms in total. The van der Waals surface area contributed by atoms with Crippen molar-refractivity contribution >= 4 is 21.6 Å². The third kappa shape index (κ3) is 7.13. The van der Waals surface area contributed by atoms with Gasteiger partial charge in [-0.3, -0.25) is 9.10 Å². The van der Waals surface area contributed by atoms with E-state index in [-0.39, 0.29) is 24.9 Å². The highest BCUT2D eigenvalue weighted by Crippen LogP contribution is 2.32. The van der Waals surface area contributed by atoms with E-state index in [0.717, 1.165) is 28.7 Å². The number of rotatable bonds is 12. The van der Waals surface area contributed by atoms with E-state index in [1.165, 1.54) is 4.31 Å². The molecule has 1 amide bonds. The minimum atomic E-state index is -3.54. The average Bonchev–Trinajstić information content (AvgIpc) is 2.76. The first-order chi connectivity index (χ1) is 16.0. The van der Waals surface area contributed by atoms with Crippen LogP contribution in [-0.2, 0) is 14.8 Å². The molecule has 2 aromatic carbocycles. The van der Waals surface area contributed by atoms with Crippen LogP contribution in [0.15, 0.2) is 36.4 Å². The molecular formula is C26H38N2O5S. The molecule has 0 spiro atoms. The van der Waals surface area contributed by atoms with Gasteiger partial charge in [0.2, 0.25) is 15.9 Å². The van der Waals surface area contributed by atoms with Crippen LogP contribution in [0, 0.1) is 6.92 Å². The average molecular weight is 491 g/mol. The third-order valence-electron chi connectivity index (χ3n) is 5.68. The predicted octanol–water partition coefficient (Wildman–Crippen LogP) is 4.95. The van der Waals surface area contributed by atoms with Gasteiger partial charge in [0.1, 0.15) is 11.5 Å². The molecule has 34 heavy (non-hydrogen) atoms. The van der Waals surface area contributed by atoms with Gasteiger partial charge in [0.05, 0.1) is 31.7 Å². The fourth-order valence-corrected chi connectivity index (χ4v) is 4.96. The first-order valence-electron chi connectivity index (χ1n) is 11.7. The van der Waals surface area contributed by atoms with E-state index < -0.39 is 10.0 Å². The van der Waals surface area contributed by atoms with Gasteiger partial charge in [-0.2, -0.15) is 0 Å². The normalized spacial score (nSPS) is 12.4. The highest BCUT2D eigenvalue weighted by Gasteiger charge is 2.22. The molecule has 0 aliphatic rings. The molecule has 0 unspecified atom stereocenters. The smallest absolute Gasteiger partial charge is 0.232 e. The van der Waals surface area contributed by atoms with E-state index >= 15 is 0 Å². The summed E-state index contributed by atoms with van der Waals surface area (Å²) in [4.78, 5) is 12.7. The zero-order valence-electron chi connectivity index (χ0n) is 21.3. The van der Waals surface area contributed by atoms with Crippen molar-refractivity contribution in [2.24, 2.45) is 0 Å². The van der Waals surface area contributed by atoms with E-state index in [2.05, 4.69) is 25.2 Å². The van der Waals surface area contributed by atoms with Crippen LogP contribution >= 0.6 is 0 Å². The van der Waals surface area contributed by atoms with Crippen LogP contribution in [0.2, 0.25) is 0 Å². The Balaban J connectivity index is 2.08. The van der Waals surface area contributed by atoms with Gasteiger partial charge in [-0.15, -0.1) is 0 Å². The van der Waals surface area contributed by atoms with Gasteiger partial charge in [-0.1, -0.05) is 26.0 Å². The maximum atomic E-state index is 12.7. The van der Waals surface area contributed by atoms with Crippen LogP contribution in [0.4, 0.5) is 5.69 Å². The molecule has 1 atom stereocenters. The maximum Gasteiger partial charge on any atom is 0.232 e. The quantitative estimate of drug-likeness (QED) is 0.455. The lowest BCUT2D eigenvalue weighted by Crippen LogP contribution is -2.33. The summed E-state index contributed by atoms with van der Waals surface area (Å²) in [7, 11) is -1.87. The lowest BCUT2D eigenvalue weighted by atomic mass is 9.93. The van der Waals surface area contributed by atoms with E-state index in [1.807, 2.05) is 26.8 Å². The Morgan fingerprint density at radius 3 is 2.35 bits per heavy atom. The topological polar surface area (TPSA) is 84.9 Å². The predicted molar refractivity (Wildman–Crippen MR) is 137 cm³/mol. The third-order valence-corrected chi connectivity index (χ3v) is 6.86. The van der Waals surface area contributed by atoms with Gasteiger partial charge in [0, 0.05) is 13.0 Å². The summed E-state index contributed by atoms with van der Waals surface area (Å²) >= 11 is 0. The number of methoxy groups -OCH3 is 1. The molecule has 2 aromatic rings. The van der Waals surface area contributed by atoms with Gasteiger partial charge in [-0.05, 0) is 74.1 Å². The van der Waals surface area contributed by atoms with Crippen molar-refractivity contribution in [1.29, 1.82) is 0 Å². The van der Waals surface area contributed by atoms with Crippen molar-refractivity contribution in [3.63, 3.8) is 0 Å². The zero-order valence-corrected chi connectivity index (χ0v) is 22.2. The molecule has 0 saturated carbocycles. The Kier molecular flexibility index (Phi) is 9.79. The summed E-state index contributed by atoms with van der Waals surface area (Å²) in [5.41, 5.74) is 3.67. The number of hydrogen-bond acceptors (Lipinski definition) is 5. The number of amides is 1. The number of carbonyl (C=O) groups is 1. The minimum Gasteiger partial charge on any atom is -0.496 e. The van der Waals surface area contributed by atoms with Gasteiger partial charge >= 0.3 is 0 Å². The summed E-state index contributed by atoms with van der Waals surface area (Å²) in [6, 6.07) is 11.0. The monoisotopic (exact) mass is 490 g/mol. The van der Waals surface area contributed by atoms with Crippen molar-refractivity contribution in [1.82, 2.24) is 5.32 Å². The molecule has 0 heterocycles. The number of anilines is 1. The maximum absolute atomic E-state index is 12.7. The van der Waals surface area contributed by atoms with Crippen molar-refractivity contribution in [3.05, 3.63) is 53.1 Å². The number of para-hydroxylation sites is 2. The zero-order chi connectivity index (χ0) is 25.5. The first-order valence-corrected chi connectivity index (χ1v) is 13.5. The summed E-state index contributed by atoms with van der Waals surface area (Å²) in [5, 5.41) is 3.05. The summed E-state index contributed by atoms with van der Waals surface area (Å²) < 4.78 is 37.3. The van der Waals surface area contributed by atoms with Gasteiger partial charge < -0.3 is 14.8 Å². The van der Waals surface area contributed by atoms with Crippen molar-refractivity contribution in [2.45, 2.75) is 59.4 Å². The van der Waals surface area contributed by atoms with Crippen molar-refractivity contribution in [2.75, 3.05) is 30.8 Å². The molecule has 0 aliphatic heterocycles. The molecule has 188 valence electrons. The molecule has 2 rings (SSSR count). The molecule has 0 bridgehead atoms. The molecule has 8 heteroatoms. The van der Waals surface area contributed by atoms with Crippen LogP contribution in [0.1, 0.15) is 69.2 Å². The van der Waals surface area contributed by atoms with Crippen LogP contribution in [0.5, 0.6) is 11.5 Å². The largest absolute Gasteiger partial charge is 0.496 e. The second kappa shape index (κ2) is 12.1. The Bertz CT molecular complexity index is 1080. The number of hydrogen-bond donors (Lipinski definition) is 1. The van der Waals surface area contributed by atoms with Crippen molar-refractivity contribution in [3.8, 4) is 11.5 Å². The van der Waals surface area contributed by atoms with Crippen molar-refractivity contribution < 1.29 is 22.7 Å². The molecule has 0 saturated heterocycles. The molecule has 0 radical (unpaired) electrons. The highest BCUT2D eigenvalue weighted by molar-refractivity contribution is 7.92. The summed E-state index contributed by atoms with van der Waals surface area (Å²) in [5.74, 6) is 1.52. The fourth-order valence-electron chi connectivity index (χ4n) is 3.99. The Morgan fingerprint density at radius 2 is 1.76 bits per heavy atom. The number of ether oxygens (including phenoxy) is 2. The number of carbonyl (C=O) groups excluding carboxylic acids is 1. The van der Waals surface area contributed by atoms with Crippen LogP contribution in [0.3, 0.4) is 0 Å². The highest BCUT2D eigenvalue weighted by atomic mass is 32.2. The lowest BCUT2D eigenvalue weighted by molar-refractivity contribution is -0.121. The molecule has 0 fully saturated rings. The second-order valence-corrected chi connectivity index (χ2v) is 10.6. The van der Waals surface area contributed by atoms with Crippen LogP contribution in [0.25, 0.3) is 0 Å². The second-order valence-electron chi connectivity index (χ2n) is 8.73.